The molecule has 0 saturated heterocycles. The third kappa shape index (κ3) is 2.87. The molecule has 0 fully saturated rings. The first-order valence-electron chi connectivity index (χ1n) is 6.39. The largest absolute Gasteiger partial charge is 0.383 e. The van der Waals surface area contributed by atoms with Crippen LogP contribution in [0.5, 0.6) is 0 Å². The summed E-state index contributed by atoms with van der Waals surface area (Å²) in [5.74, 6) is 2.34. The molecule has 0 spiro atoms. The number of ether oxygens (including phenoxy) is 1. The minimum atomic E-state index is 0.508. The molecule has 0 bridgehead atoms. The molecule has 0 aromatic carbocycles. The molecule has 1 aromatic heterocycles. The van der Waals surface area contributed by atoms with E-state index in [2.05, 4.69) is 24.3 Å². The lowest BCUT2D eigenvalue weighted by Crippen LogP contribution is -2.21. The van der Waals surface area contributed by atoms with E-state index in [1.54, 1.807) is 7.11 Å². The minimum absolute atomic E-state index is 0.508. The predicted molar refractivity (Wildman–Crippen MR) is 66.0 cm³/mol. The average Bonchev–Trinajstić information content (AvgIpc) is 2.68. The molecule has 96 valence electrons. The van der Waals surface area contributed by atoms with Gasteiger partial charge in [-0.2, -0.15) is 0 Å². The van der Waals surface area contributed by atoms with Crippen molar-refractivity contribution in [1.29, 1.82) is 0 Å². The van der Waals surface area contributed by atoms with Gasteiger partial charge < -0.3 is 14.6 Å². The smallest absolute Gasteiger partial charge is 0.143 e. The van der Waals surface area contributed by atoms with Crippen LogP contribution in [0.2, 0.25) is 0 Å². The molecule has 0 radical (unpaired) electrons. The molecule has 0 aliphatic heterocycles. The maximum atomic E-state index is 5.48. The molecule has 2 atom stereocenters. The summed E-state index contributed by atoms with van der Waals surface area (Å²) in [6.45, 7) is 6.88. The number of rotatable bonds is 5. The number of aromatic nitrogens is 1. The zero-order chi connectivity index (χ0) is 12.3. The summed E-state index contributed by atoms with van der Waals surface area (Å²) < 4.78 is 10.5. The van der Waals surface area contributed by atoms with Crippen molar-refractivity contribution >= 4 is 0 Å². The van der Waals surface area contributed by atoms with Gasteiger partial charge in [-0.15, -0.1) is 0 Å². The number of nitrogens with zero attached hydrogens (tertiary/aromatic N) is 1. The van der Waals surface area contributed by atoms with Crippen molar-refractivity contribution in [2.75, 3.05) is 20.3 Å². The van der Waals surface area contributed by atoms with Crippen LogP contribution in [0.1, 0.15) is 43.2 Å². The summed E-state index contributed by atoms with van der Waals surface area (Å²) in [6.07, 6.45) is 2.31. The minimum Gasteiger partial charge on any atom is -0.383 e. The van der Waals surface area contributed by atoms with Crippen molar-refractivity contribution in [3.63, 3.8) is 0 Å². The molecule has 4 heteroatoms. The van der Waals surface area contributed by atoms with Gasteiger partial charge in [-0.3, -0.25) is 0 Å². The zero-order valence-electron chi connectivity index (χ0n) is 11.0. The quantitative estimate of drug-likeness (QED) is 0.798. The standard InChI is InChI=1S/C13H22N2O2/c1-9-6-10(2)13-11(7-9)12(15-17-13)8-14-4-5-16-3/h9-10,14H,4-8H2,1-3H3. The van der Waals surface area contributed by atoms with Crippen LogP contribution in [0, 0.1) is 5.92 Å². The second-order valence-corrected chi connectivity index (χ2v) is 5.09. The fraction of sp³-hybridized carbons (Fsp3) is 0.769. The SMILES string of the molecule is COCCNCc1noc2c1CC(C)CC2C. The highest BCUT2D eigenvalue weighted by Gasteiger charge is 2.28. The van der Waals surface area contributed by atoms with Crippen LogP contribution in [0.4, 0.5) is 0 Å². The van der Waals surface area contributed by atoms with E-state index >= 15 is 0 Å². The number of methoxy groups -OCH3 is 1. The van der Waals surface area contributed by atoms with Crippen molar-refractivity contribution in [2.24, 2.45) is 5.92 Å². The van der Waals surface area contributed by atoms with Gasteiger partial charge in [0.2, 0.25) is 0 Å². The van der Waals surface area contributed by atoms with E-state index in [1.807, 2.05) is 0 Å². The third-order valence-electron chi connectivity index (χ3n) is 3.43. The molecule has 17 heavy (non-hydrogen) atoms. The zero-order valence-corrected chi connectivity index (χ0v) is 11.0. The summed E-state index contributed by atoms with van der Waals surface area (Å²) >= 11 is 0. The lowest BCUT2D eigenvalue weighted by atomic mass is 9.82. The van der Waals surface area contributed by atoms with Gasteiger partial charge in [0.05, 0.1) is 6.61 Å². The molecule has 0 saturated carbocycles. The second kappa shape index (κ2) is 5.65. The maximum absolute atomic E-state index is 5.48. The van der Waals surface area contributed by atoms with E-state index < -0.39 is 0 Å². The summed E-state index contributed by atoms with van der Waals surface area (Å²) in [7, 11) is 1.71. The number of nitrogens with one attached hydrogen (secondary N) is 1. The fourth-order valence-corrected chi connectivity index (χ4v) is 2.62. The summed E-state index contributed by atoms with van der Waals surface area (Å²) in [5, 5.41) is 7.52. The number of fused-ring (bicyclic) bond motifs is 1. The van der Waals surface area contributed by atoms with Crippen molar-refractivity contribution in [1.82, 2.24) is 10.5 Å². The van der Waals surface area contributed by atoms with Crippen LogP contribution in [0.25, 0.3) is 0 Å². The van der Waals surface area contributed by atoms with Crippen LogP contribution >= 0.6 is 0 Å². The summed E-state index contributed by atoms with van der Waals surface area (Å²) in [6, 6.07) is 0. The first kappa shape index (κ1) is 12.6. The fourth-order valence-electron chi connectivity index (χ4n) is 2.62. The van der Waals surface area contributed by atoms with Gasteiger partial charge in [0.25, 0.3) is 0 Å². The Bertz CT molecular complexity index is 362. The Morgan fingerprint density at radius 2 is 2.29 bits per heavy atom. The lowest BCUT2D eigenvalue weighted by molar-refractivity contribution is 0.199. The molecular weight excluding hydrogens is 216 g/mol. The predicted octanol–water partition coefficient (Wildman–Crippen LogP) is 2.10. The Hall–Kier alpha value is -0.870. The van der Waals surface area contributed by atoms with Gasteiger partial charge in [0, 0.05) is 31.7 Å². The Kier molecular flexibility index (Phi) is 4.18. The van der Waals surface area contributed by atoms with Gasteiger partial charge in [-0.05, 0) is 18.8 Å². The highest BCUT2D eigenvalue weighted by molar-refractivity contribution is 5.28. The second-order valence-electron chi connectivity index (χ2n) is 5.09. The normalized spacial score (nSPS) is 23.7. The van der Waals surface area contributed by atoms with Crippen LogP contribution in [-0.2, 0) is 17.7 Å². The monoisotopic (exact) mass is 238 g/mol. The Morgan fingerprint density at radius 1 is 1.47 bits per heavy atom. The first-order chi connectivity index (χ1) is 8.22. The highest BCUT2D eigenvalue weighted by Crippen LogP contribution is 2.35. The molecule has 1 aliphatic rings. The van der Waals surface area contributed by atoms with E-state index in [0.29, 0.717) is 5.92 Å². The number of hydrogen-bond acceptors (Lipinski definition) is 4. The van der Waals surface area contributed by atoms with Crippen molar-refractivity contribution in [3.05, 3.63) is 17.0 Å². The van der Waals surface area contributed by atoms with Crippen molar-refractivity contribution in [3.8, 4) is 0 Å². The van der Waals surface area contributed by atoms with E-state index in [9.17, 15) is 0 Å². The Balaban J connectivity index is 1.99. The summed E-state index contributed by atoms with van der Waals surface area (Å²) in [4.78, 5) is 0. The van der Waals surface area contributed by atoms with Crippen LogP contribution in [-0.4, -0.2) is 25.4 Å². The molecule has 0 amide bonds. The molecule has 4 nitrogen and oxygen atoms in total. The molecule has 1 aromatic rings. The van der Waals surface area contributed by atoms with E-state index in [0.717, 1.165) is 43.5 Å². The van der Waals surface area contributed by atoms with Crippen LogP contribution < -0.4 is 5.32 Å². The van der Waals surface area contributed by atoms with Gasteiger partial charge in [-0.25, -0.2) is 0 Å². The lowest BCUT2D eigenvalue weighted by Gasteiger charge is -2.22. The highest BCUT2D eigenvalue weighted by atomic mass is 16.5. The van der Waals surface area contributed by atoms with Gasteiger partial charge >= 0.3 is 0 Å². The maximum Gasteiger partial charge on any atom is 0.143 e. The van der Waals surface area contributed by atoms with Crippen molar-refractivity contribution in [2.45, 2.75) is 39.2 Å². The number of hydrogen-bond donors (Lipinski definition) is 1. The van der Waals surface area contributed by atoms with E-state index in [1.165, 1.54) is 12.0 Å². The summed E-state index contributed by atoms with van der Waals surface area (Å²) in [5.41, 5.74) is 2.41. The third-order valence-corrected chi connectivity index (χ3v) is 3.43. The van der Waals surface area contributed by atoms with E-state index in [-0.39, 0.29) is 0 Å². The molecule has 1 N–H and O–H groups in total. The molecule has 1 aliphatic carbocycles. The molecule has 2 unspecified atom stereocenters. The Labute approximate surface area is 103 Å². The molecule has 1 heterocycles. The van der Waals surface area contributed by atoms with E-state index in [4.69, 9.17) is 9.26 Å². The van der Waals surface area contributed by atoms with Gasteiger partial charge in [0.15, 0.2) is 0 Å². The van der Waals surface area contributed by atoms with Crippen molar-refractivity contribution < 1.29 is 9.26 Å². The Morgan fingerprint density at radius 3 is 3.06 bits per heavy atom. The topological polar surface area (TPSA) is 47.3 Å². The molecule has 2 rings (SSSR count). The average molecular weight is 238 g/mol. The molecular formula is C13H22N2O2. The van der Waals surface area contributed by atoms with Gasteiger partial charge in [-0.1, -0.05) is 19.0 Å². The van der Waals surface area contributed by atoms with Gasteiger partial charge in [0.1, 0.15) is 11.5 Å². The van der Waals surface area contributed by atoms with Crippen LogP contribution in [0.15, 0.2) is 4.52 Å². The first-order valence-corrected chi connectivity index (χ1v) is 6.39. The van der Waals surface area contributed by atoms with Crippen LogP contribution in [0.3, 0.4) is 0 Å².